The van der Waals surface area contributed by atoms with Crippen LogP contribution in [0.3, 0.4) is 0 Å². The van der Waals surface area contributed by atoms with Gasteiger partial charge in [-0.3, -0.25) is 19.7 Å². The Labute approximate surface area is 222 Å². The molecule has 3 aromatic rings. The molecule has 7 nitrogen and oxygen atoms in total. The van der Waals surface area contributed by atoms with Crippen molar-refractivity contribution in [3.8, 4) is 0 Å². The third kappa shape index (κ3) is 8.75. The van der Waals surface area contributed by atoms with Gasteiger partial charge in [-0.05, 0) is 30.0 Å². The molecule has 0 fully saturated rings. The molecule has 0 saturated carbocycles. The Morgan fingerprint density at radius 1 is 0.973 bits per heavy atom. The highest BCUT2D eigenvalue weighted by Crippen LogP contribution is 2.20. The van der Waals surface area contributed by atoms with E-state index in [2.05, 4.69) is 5.32 Å². The number of thioether (sulfide) groups is 1. The van der Waals surface area contributed by atoms with Crippen LogP contribution in [0.1, 0.15) is 35.6 Å². The van der Waals surface area contributed by atoms with Gasteiger partial charge in [-0.1, -0.05) is 79.2 Å². The Balaban J connectivity index is 1.80. The van der Waals surface area contributed by atoms with Gasteiger partial charge in [0.05, 0.1) is 10.7 Å². The Morgan fingerprint density at radius 3 is 2.32 bits per heavy atom. The topological polar surface area (TPSA) is 92.6 Å². The number of aryl methyl sites for hydroxylation is 1. The van der Waals surface area contributed by atoms with Gasteiger partial charge in [-0.15, -0.1) is 11.8 Å². The van der Waals surface area contributed by atoms with Crippen LogP contribution in [0.5, 0.6) is 0 Å². The van der Waals surface area contributed by atoms with Crippen molar-refractivity contribution in [3.63, 3.8) is 0 Å². The summed E-state index contributed by atoms with van der Waals surface area (Å²) < 4.78 is 0. The van der Waals surface area contributed by atoms with Crippen LogP contribution in [-0.2, 0) is 28.3 Å². The van der Waals surface area contributed by atoms with E-state index in [4.69, 9.17) is 0 Å². The zero-order valence-electron chi connectivity index (χ0n) is 21.3. The Morgan fingerprint density at radius 2 is 1.68 bits per heavy atom. The number of nitro groups is 1. The number of amides is 2. The van der Waals surface area contributed by atoms with Gasteiger partial charge >= 0.3 is 0 Å². The molecule has 3 rings (SSSR count). The minimum Gasteiger partial charge on any atom is -0.354 e. The molecule has 0 heterocycles. The molecular weight excluding hydrogens is 486 g/mol. The molecule has 1 N–H and O–H groups in total. The van der Waals surface area contributed by atoms with Gasteiger partial charge in [0.25, 0.3) is 5.69 Å². The molecule has 0 bridgehead atoms. The van der Waals surface area contributed by atoms with E-state index in [1.54, 1.807) is 17.0 Å². The van der Waals surface area contributed by atoms with Crippen LogP contribution in [0.25, 0.3) is 0 Å². The van der Waals surface area contributed by atoms with Gasteiger partial charge in [-0.2, -0.15) is 0 Å². The molecule has 8 heteroatoms. The highest BCUT2D eigenvalue weighted by atomic mass is 32.2. The molecule has 0 spiro atoms. The van der Waals surface area contributed by atoms with Gasteiger partial charge in [-0.25, -0.2) is 0 Å². The molecule has 0 aliphatic rings. The predicted octanol–water partition coefficient (Wildman–Crippen LogP) is 5.30. The van der Waals surface area contributed by atoms with Crippen molar-refractivity contribution in [2.24, 2.45) is 0 Å². The molecule has 37 heavy (non-hydrogen) atoms. The van der Waals surface area contributed by atoms with Crippen LogP contribution in [0.15, 0.2) is 78.9 Å². The second kappa shape index (κ2) is 14.2. The summed E-state index contributed by atoms with van der Waals surface area (Å²) in [5.74, 6) is 0.441. The van der Waals surface area contributed by atoms with Gasteiger partial charge in [0.2, 0.25) is 11.8 Å². The van der Waals surface area contributed by atoms with E-state index >= 15 is 0 Å². The summed E-state index contributed by atoms with van der Waals surface area (Å²) >= 11 is 1.43. The predicted molar refractivity (Wildman–Crippen MR) is 148 cm³/mol. The molecule has 194 valence electrons. The maximum atomic E-state index is 13.6. The lowest BCUT2D eigenvalue weighted by Gasteiger charge is -2.31. The number of nitro benzene ring substituents is 1. The van der Waals surface area contributed by atoms with Crippen molar-refractivity contribution in [2.45, 2.75) is 45.0 Å². The van der Waals surface area contributed by atoms with Crippen molar-refractivity contribution < 1.29 is 14.5 Å². The van der Waals surface area contributed by atoms with Crippen molar-refractivity contribution in [3.05, 3.63) is 111 Å². The maximum Gasteiger partial charge on any atom is 0.269 e. The van der Waals surface area contributed by atoms with Gasteiger partial charge in [0, 0.05) is 37.4 Å². The molecule has 0 aliphatic carbocycles. The minimum absolute atomic E-state index is 0.0380. The molecule has 0 radical (unpaired) electrons. The second-order valence-electron chi connectivity index (χ2n) is 8.92. The number of carbonyl (C=O) groups excluding carboxylic acids is 2. The van der Waals surface area contributed by atoms with Crippen molar-refractivity contribution >= 4 is 29.3 Å². The molecule has 1 atom stereocenters. The quantitative estimate of drug-likeness (QED) is 0.244. The monoisotopic (exact) mass is 519 g/mol. The third-order valence-corrected chi connectivity index (χ3v) is 6.89. The molecule has 1 unspecified atom stereocenters. The Hall–Kier alpha value is -3.65. The van der Waals surface area contributed by atoms with Gasteiger partial charge in [0.15, 0.2) is 0 Å². The first-order chi connectivity index (χ1) is 17.9. The van der Waals surface area contributed by atoms with Crippen LogP contribution < -0.4 is 5.32 Å². The molecule has 0 saturated heterocycles. The minimum atomic E-state index is -0.651. The van der Waals surface area contributed by atoms with E-state index in [-0.39, 0.29) is 23.3 Å². The van der Waals surface area contributed by atoms with E-state index in [0.29, 0.717) is 25.3 Å². The van der Waals surface area contributed by atoms with Crippen molar-refractivity contribution in [1.82, 2.24) is 10.2 Å². The summed E-state index contributed by atoms with van der Waals surface area (Å²) in [5, 5.41) is 13.9. The zero-order valence-corrected chi connectivity index (χ0v) is 22.1. The van der Waals surface area contributed by atoms with Crippen LogP contribution in [-0.4, -0.2) is 40.0 Å². The van der Waals surface area contributed by atoms with Crippen LogP contribution in [0.4, 0.5) is 5.69 Å². The van der Waals surface area contributed by atoms with E-state index in [1.165, 1.54) is 23.9 Å². The summed E-state index contributed by atoms with van der Waals surface area (Å²) in [6, 6.07) is 23.4. The first kappa shape index (κ1) is 27.9. The lowest BCUT2D eigenvalue weighted by molar-refractivity contribution is -0.384. The fraction of sp³-hybridized carbons (Fsp3) is 0.310. The molecule has 2 amide bonds. The summed E-state index contributed by atoms with van der Waals surface area (Å²) in [6.07, 6.45) is 1.22. The highest BCUT2D eigenvalue weighted by molar-refractivity contribution is 7.99. The van der Waals surface area contributed by atoms with E-state index in [1.807, 2.05) is 68.4 Å². The van der Waals surface area contributed by atoms with Crippen LogP contribution in [0.2, 0.25) is 0 Å². The Bertz CT molecular complexity index is 1190. The third-order valence-electron chi connectivity index (χ3n) is 5.90. The molecule has 0 aromatic heterocycles. The lowest BCUT2D eigenvalue weighted by Crippen LogP contribution is -2.51. The van der Waals surface area contributed by atoms with Crippen molar-refractivity contribution in [1.29, 1.82) is 0 Å². The van der Waals surface area contributed by atoms with E-state index < -0.39 is 11.0 Å². The number of nitrogens with zero attached hydrogens (tertiary/aromatic N) is 2. The summed E-state index contributed by atoms with van der Waals surface area (Å²) in [4.78, 5) is 39.1. The second-order valence-corrected chi connectivity index (χ2v) is 9.91. The standard InChI is InChI=1S/C29H33N3O4S/c1-3-16-30-29(34)27(18-23-9-5-4-6-10-23)31(19-25-11-7-8-22(2)17-25)28(33)21-37-20-24-12-14-26(15-13-24)32(35)36/h4-15,17,27H,3,16,18-21H2,1-2H3,(H,30,34). The summed E-state index contributed by atoms with van der Waals surface area (Å²) in [6.45, 7) is 4.88. The first-order valence-electron chi connectivity index (χ1n) is 12.3. The highest BCUT2D eigenvalue weighted by Gasteiger charge is 2.30. The van der Waals surface area contributed by atoms with E-state index in [0.717, 1.165) is 28.7 Å². The normalized spacial score (nSPS) is 11.5. The molecular formula is C29H33N3O4S. The lowest BCUT2D eigenvalue weighted by atomic mass is 10.0. The fourth-order valence-corrected chi connectivity index (χ4v) is 4.85. The van der Waals surface area contributed by atoms with Crippen LogP contribution in [0, 0.1) is 17.0 Å². The number of carbonyl (C=O) groups is 2. The van der Waals surface area contributed by atoms with Crippen LogP contribution >= 0.6 is 11.8 Å². The first-order valence-corrected chi connectivity index (χ1v) is 13.5. The Kier molecular flexibility index (Phi) is 10.7. The van der Waals surface area contributed by atoms with E-state index in [9.17, 15) is 19.7 Å². The average Bonchev–Trinajstić information content (AvgIpc) is 2.90. The summed E-state index contributed by atoms with van der Waals surface area (Å²) in [5.41, 5.74) is 3.98. The maximum absolute atomic E-state index is 13.6. The van der Waals surface area contributed by atoms with Gasteiger partial charge < -0.3 is 10.2 Å². The average molecular weight is 520 g/mol. The number of benzene rings is 3. The SMILES string of the molecule is CCCNC(=O)C(Cc1ccccc1)N(Cc1cccc(C)c1)C(=O)CSCc1ccc([N+](=O)[O-])cc1. The number of non-ortho nitro benzene ring substituents is 1. The number of hydrogen-bond donors (Lipinski definition) is 1. The largest absolute Gasteiger partial charge is 0.354 e. The molecule has 0 aliphatic heterocycles. The summed E-state index contributed by atoms with van der Waals surface area (Å²) in [7, 11) is 0. The molecule has 3 aromatic carbocycles. The number of nitrogens with one attached hydrogen (secondary N) is 1. The number of rotatable bonds is 13. The zero-order chi connectivity index (χ0) is 26.6. The smallest absolute Gasteiger partial charge is 0.269 e. The van der Waals surface area contributed by atoms with Gasteiger partial charge in [0.1, 0.15) is 6.04 Å². The number of hydrogen-bond acceptors (Lipinski definition) is 5. The fourth-order valence-electron chi connectivity index (χ4n) is 3.98. The van der Waals surface area contributed by atoms with Crippen molar-refractivity contribution in [2.75, 3.05) is 12.3 Å².